The van der Waals surface area contributed by atoms with Gasteiger partial charge in [0.05, 0.1) is 24.6 Å². The number of nitrogens with zero attached hydrogens (tertiary/aromatic N) is 5. The van der Waals surface area contributed by atoms with Gasteiger partial charge in [0.15, 0.2) is 0 Å². The molecule has 4 heterocycles. The third-order valence-corrected chi connectivity index (χ3v) is 4.38. The Morgan fingerprint density at radius 1 is 1.46 bits per heavy atom. The molecule has 2 amide bonds. The first-order valence-corrected chi connectivity index (χ1v) is 7.67. The van der Waals surface area contributed by atoms with Gasteiger partial charge in [-0.15, -0.1) is 0 Å². The van der Waals surface area contributed by atoms with Crippen molar-refractivity contribution in [1.82, 2.24) is 19.7 Å². The van der Waals surface area contributed by atoms with E-state index in [0.717, 1.165) is 16.7 Å². The third kappa shape index (κ3) is 2.31. The van der Waals surface area contributed by atoms with Gasteiger partial charge in [-0.25, -0.2) is 9.78 Å². The van der Waals surface area contributed by atoms with Crippen LogP contribution >= 0.6 is 0 Å². The molecular formula is C16H14N6O2. The molecule has 0 radical (unpaired) electrons. The van der Waals surface area contributed by atoms with Crippen LogP contribution in [0.5, 0.6) is 0 Å². The first-order valence-electron chi connectivity index (χ1n) is 7.67. The van der Waals surface area contributed by atoms with Gasteiger partial charge in [0.2, 0.25) is 5.91 Å². The minimum absolute atomic E-state index is 0.0898. The first kappa shape index (κ1) is 14.4. The summed E-state index contributed by atoms with van der Waals surface area (Å²) in [7, 11) is 0. The molecule has 24 heavy (non-hydrogen) atoms. The second kappa shape index (κ2) is 5.45. The summed E-state index contributed by atoms with van der Waals surface area (Å²) in [5.41, 5.74) is 2.42. The van der Waals surface area contributed by atoms with Gasteiger partial charge in [0.1, 0.15) is 5.82 Å². The summed E-state index contributed by atoms with van der Waals surface area (Å²) in [5.74, 6) is 0.366. The Morgan fingerprint density at radius 2 is 2.33 bits per heavy atom. The summed E-state index contributed by atoms with van der Waals surface area (Å²) < 4.78 is 1.28. The van der Waals surface area contributed by atoms with Crippen LogP contribution in [0.25, 0.3) is 11.1 Å². The average molecular weight is 322 g/mol. The van der Waals surface area contributed by atoms with Crippen molar-refractivity contribution in [2.45, 2.75) is 12.8 Å². The quantitative estimate of drug-likeness (QED) is 0.851. The lowest BCUT2D eigenvalue weighted by Gasteiger charge is -2.14. The lowest BCUT2D eigenvalue weighted by molar-refractivity contribution is -0.115. The van der Waals surface area contributed by atoms with Crippen LogP contribution in [0.2, 0.25) is 0 Å². The molecule has 0 saturated carbocycles. The number of hydrogen-bond donors (Lipinski definition) is 1. The van der Waals surface area contributed by atoms with Crippen molar-refractivity contribution in [2.24, 2.45) is 5.92 Å². The Balaban J connectivity index is 1.61. The maximum atomic E-state index is 12.5. The highest BCUT2D eigenvalue weighted by Crippen LogP contribution is 2.31. The summed E-state index contributed by atoms with van der Waals surface area (Å²) in [6.45, 7) is 1.00. The van der Waals surface area contributed by atoms with Gasteiger partial charge in [-0.2, -0.15) is 15.0 Å². The van der Waals surface area contributed by atoms with Crippen LogP contribution in [0, 0.1) is 17.2 Å². The first-order chi connectivity index (χ1) is 11.7. The van der Waals surface area contributed by atoms with E-state index in [1.165, 1.54) is 4.68 Å². The maximum Gasteiger partial charge on any atom is 0.344 e. The van der Waals surface area contributed by atoms with Crippen molar-refractivity contribution in [3.05, 3.63) is 30.2 Å². The van der Waals surface area contributed by atoms with E-state index in [1.54, 1.807) is 23.5 Å². The molecule has 8 nitrogen and oxygen atoms in total. The highest BCUT2D eigenvalue weighted by atomic mass is 16.2. The van der Waals surface area contributed by atoms with Crippen molar-refractivity contribution in [3.8, 4) is 17.2 Å². The highest BCUT2D eigenvalue weighted by molar-refractivity contribution is 6.00. The summed E-state index contributed by atoms with van der Waals surface area (Å²) >= 11 is 0. The summed E-state index contributed by atoms with van der Waals surface area (Å²) in [6, 6.07) is 3.77. The van der Waals surface area contributed by atoms with E-state index in [2.05, 4.69) is 21.5 Å². The Bertz CT molecular complexity index is 881. The Kier molecular flexibility index (Phi) is 3.27. The molecule has 2 aromatic heterocycles. The van der Waals surface area contributed by atoms with E-state index in [0.29, 0.717) is 25.3 Å². The lowest BCUT2D eigenvalue weighted by atomic mass is 10.0. The molecule has 1 unspecified atom stereocenters. The van der Waals surface area contributed by atoms with Crippen molar-refractivity contribution in [3.63, 3.8) is 0 Å². The Morgan fingerprint density at radius 3 is 3.12 bits per heavy atom. The number of carbonyl (C=O) groups is 2. The van der Waals surface area contributed by atoms with Crippen LogP contribution in [-0.4, -0.2) is 44.7 Å². The molecule has 1 fully saturated rings. The number of amides is 2. The number of aromatic nitrogens is 3. The van der Waals surface area contributed by atoms with Gasteiger partial charge in [-0.1, -0.05) is 0 Å². The number of carbonyl (C=O) groups excluding carboxylic acids is 2. The summed E-state index contributed by atoms with van der Waals surface area (Å²) in [6.07, 6.45) is 5.85. The lowest BCUT2D eigenvalue weighted by Crippen LogP contribution is -2.32. The number of fused-ring (bicyclic) bond motifs is 1. The largest absolute Gasteiger partial charge is 0.344 e. The third-order valence-electron chi connectivity index (χ3n) is 4.38. The van der Waals surface area contributed by atoms with Gasteiger partial charge >= 0.3 is 6.03 Å². The molecule has 1 saturated heterocycles. The standard InChI is InChI=1S/C16H14N6O2/c17-6-10-2-4-21(8-10)16(24)22-9-11(7-19-22)12-1-3-18-15-13(12)5-14(23)20-15/h1,3,7,9-10H,2,4-5,8H2,(H,18,20,23). The van der Waals surface area contributed by atoms with Gasteiger partial charge in [0.25, 0.3) is 0 Å². The molecule has 2 aliphatic rings. The van der Waals surface area contributed by atoms with E-state index >= 15 is 0 Å². The molecule has 2 aromatic rings. The number of likely N-dealkylation sites (tertiary alicyclic amines) is 1. The van der Waals surface area contributed by atoms with Gasteiger partial charge in [-0.05, 0) is 18.1 Å². The molecule has 1 atom stereocenters. The topological polar surface area (TPSA) is 104 Å². The van der Waals surface area contributed by atoms with E-state index in [4.69, 9.17) is 5.26 Å². The highest BCUT2D eigenvalue weighted by Gasteiger charge is 2.28. The minimum Gasteiger partial charge on any atom is -0.322 e. The fourth-order valence-electron chi connectivity index (χ4n) is 3.14. The maximum absolute atomic E-state index is 12.5. The molecule has 0 aromatic carbocycles. The van der Waals surface area contributed by atoms with Crippen LogP contribution < -0.4 is 5.32 Å². The Hall–Kier alpha value is -3.21. The van der Waals surface area contributed by atoms with Crippen LogP contribution in [-0.2, 0) is 11.2 Å². The van der Waals surface area contributed by atoms with Crippen molar-refractivity contribution in [2.75, 3.05) is 18.4 Å². The minimum atomic E-state index is -0.237. The fourth-order valence-corrected chi connectivity index (χ4v) is 3.14. The van der Waals surface area contributed by atoms with Crippen LogP contribution in [0.15, 0.2) is 24.7 Å². The second-order valence-corrected chi connectivity index (χ2v) is 5.93. The molecule has 0 aliphatic carbocycles. The molecule has 0 bridgehead atoms. The van der Waals surface area contributed by atoms with E-state index in [9.17, 15) is 9.59 Å². The normalized spacial score (nSPS) is 19.0. The molecule has 0 spiro atoms. The molecule has 4 rings (SSSR count). The number of nitrogens with one attached hydrogen (secondary N) is 1. The van der Waals surface area contributed by atoms with Crippen LogP contribution in [0.1, 0.15) is 12.0 Å². The number of nitriles is 1. The molecule has 2 aliphatic heterocycles. The van der Waals surface area contributed by atoms with Gasteiger partial charge < -0.3 is 10.2 Å². The zero-order chi connectivity index (χ0) is 16.7. The summed E-state index contributed by atoms with van der Waals surface area (Å²) in [5, 5.41) is 15.8. The average Bonchev–Trinajstić information content (AvgIpc) is 3.31. The monoisotopic (exact) mass is 322 g/mol. The van der Waals surface area contributed by atoms with E-state index < -0.39 is 0 Å². The second-order valence-electron chi connectivity index (χ2n) is 5.93. The van der Waals surface area contributed by atoms with E-state index in [1.807, 2.05) is 6.07 Å². The zero-order valence-electron chi connectivity index (χ0n) is 12.8. The number of rotatable bonds is 1. The fraction of sp³-hybridized carbons (Fsp3) is 0.312. The molecule has 120 valence electrons. The van der Waals surface area contributed by atoms with Crippen molar-refractivity contribution < 1.29 is 9.59 Å². The molecule has 8 heteroatoms. The van der Waals surface area contributed by atoms with Crippen LogP contribution in [0.4, 0.5) is 10.6 Å². The van der Waals surface area contributed by atoms with Crippen LogP contribution in [0.3, 0.4) is 0 Å². The van der Waals surface area contributed by atoms with Crippen molar-refractivity contribution in [1.29, 1.82) is 5.26 Å². The molecule has 1 N–H and O–H groups in total. The number of hydrogen-bond acceptors (Lipinski definition) is 5. The van der Waals surface area contributed by atoms with Gasteiger partial charge in [-0.3, -0.25) is 4.79 Å². The zero-order valence-corrected chi connectivity index (χ0v) is 12.8. The SMILES string of the molecule is N#CC1CCN(C(=O)n2cc(-c3ccnc4c3CC(=O)N4)cn2)C1. The predicted octanol–water partition coefficient (Wildman–Crippen LogP) is 1.25. The smallest absolute Gasteiger partial charge is 0.322 e. The van der Waals surface area contributed by atoms with E-state index in [-0.39, 0.29) is 24.3 Å². The van der Waals surface area contributed by atoms with Crippen molar-refractivity contribution >= 4 is 17.8 Å². The number of anilines is 1. The summed E-state index contributed by atoms with van der Waals surface area (Å²) in [4.78, 5) is 29.8. The molecular weight excluding hydrogens is 308 g/mol. The Labute approximate surface area is 137 Å². The predicted molar refractivity (Wildman–Crippen MR) is 83.9 cm³/mol. The van der Waals surface area contributed by atoms with Gasteiger partial charge in [0, 0.05) is 36.6 Å². The number of pyridine rings is 1.